The fourth-order valence-corrected chi connectivity index (χ4v) is 1.91. The average molecular weight is 319 g/mol. The van der Waals surface area contributed by atoms with E-state index in [9.17, 15) is 14.4 Å². The highest BCUT2D eigenvalue weighted by atomic mass is 79.9. The summed E-state index contributed by atoms with van der Waals surface area (Å²) in [7, 11) is 1.43. The Kier molecular flexibility index (Phi) is 4.71. The molecule has 1 rings (SSSR count). The van der Waals surface area contributed by atoms with Crippen LogP contribution >= 0.6 is 15.9 Å². The Morgan fingerprint density at radius 1 is 1.39 bits per heavy atom. The van der Waals surface area contributed by atoms with Crippen molar-refractivity contribution in [2.75, 3.05) is 12.8 Å². The van der Waals surface area contributed by atoms with Crippen molar-refractivity contribution < 1.29 is 4.79 Å². The summed E-state index contributed by atoms with van der Waals surface area (Å²) >= 11 is 3.05. The molecule has 1 heterocycles. The van der Waals surface area contributed by atoms with E-state index in [4.69, 9.17) is 5.73 Å². The van der Waals surface area contributed by atoms with Crippen LogP contribution in [0.1, 0.15) is 13.3 Å². The molecule has 18 heavy (non-hydrogen) atoms. The predicted molar refractivity (Wildman–Crippen MR) is 71.4 cm³/mol. The van der Waals surface area contributed by atoms with Crippen molar-refractivity contribution in [1.82, 2.24) is 14.5 Å². The van der Waals surface area contributed by atoms with Crippen molar-refractivity contribution in [2.45, 2.75) is 26.4 Å². The van der Waals surface area contributed by atoms with Crippen LogP contribution in [0.3, 0.4) is 0 Å². The lowest BCUT2D eigenvalue weighted by atomic mass is 10.4. The smallest absolute Gasteiger partial charge is 0.333 e. The molecule has 0 aliphatic rings. The minimum absolute atomic E-state index is 0.0833. The second-order valence-electron chi connectivity index (χ2n) is 3.70. The number of anilines is 1. The number of hydrogen-bond acceptors (Lipinski definition) is 4. The van der Waals surface area contributed by atoms with Crippen molar-refractivity contribution >= 4 is 27.7 Å². The zero-order chi connectivity index (χ0) is 13.9. The third-order valence-electron chi connectivity index (χ3n) is 2.44. The minimum Gasteiger partial charge on any atom is -0.384 e. The second-order valence-corrected chi connectivity index (χ2v) is 4.49. The number of nitrogens with two attached hydrogens (primary N) is 1. The molecular formula is C10H15BrN4O3. The normalized spacial score (nSPS) is 10.4. The van der Waals surface area contributed by atoms with Gasteiger partial charge in [0.2, 0.25) is 5.91 Å². The number of hydrogen-bond donors (Lipinski definition) is 2. The molecule has 0 saturated carbocycles. The van der Waals surface area contributed by atoms with E-state index in [1.807, 2.05) is 6.92 Å². The number of nitrogens with zero attached hydrogens (tertiary/aromatic N) is 2. The number of likely N-dealkylation sites (N-methyl/N-ethyl adjacent to an activating group) is 1. The van der Waals surface area contributed by atoms with Crippen LogP contribution in [-0.4, -0.2) is 22.1 Å². The Balaban J connectivity index is 3.47. The lowest BCUT2D eigenvalue weighted by molar-refractivity contribution is -0.121. The summed E-state index contributed by atoms with van der Waals surface area (Å²) in [6.07, 6.45) is 0.689. The SMILES string of the molecule is CCCn1c(N)c(Br)c(=O)n(CC(=O)NC)c1=O. The molecule has 8 heteroatoms. The van der Waals surface area contributed by atoms with E-state index in [1.165, 1.54) is 11.6 Å². The second kappa shape index (κ2) is 5.85. The van der Waals surface area contributed by atoms with Crippen molar-refractivity contribution in [3.63, 3.8) is 0 Å². The van der Waals surface area contributed by atoms with Gasteiger partial charge in [-0.1, -0.05) is 6.92 Å². The first-order valence-electron chi connectivity index (χ1n) is 5.43. The largest absolute Gasteiger partial charge is 0.384 e. The number of nitrogens with one attached hydrogen (secondary N) is 1. The predicted octanol–water partition coefficient (Wildman–Crippen LogP) is -0.489. The van der Waals surface area contributed by atoms with Gasteiger partial charge in [0.05, 0.1) is 0 Å². The van der Waals surface area contributed by atoms with Crippen LogP contribution in [0.25, 0.3) is 0 Å². The van der Waals surface area contributed by atoms with E-state index in [2.05, 4.69) is 21.2 Å². The van der Waals surface area contributed by atoms with Gasteiger partial charge in [-0.15, -0.1) is 0 Å². The highest BCUT2D eigenvalue weighted by Crippen LogP contribution is 2.12. The van der Waals surface area contributed by atoms with Crippen LogP contribution in [-0.2, 0) is 17.9 Å². The molecule has 0 aliphatic heterocycles. The van der Waals surface area contributed by atoms with Gasteiger partial charge in [0.25, 0.3) is 5.56 Å². The molecule has 0 spiro atoms. The van der Waals surface area contributed by atoms with Crippen LogP contribution < -0.4 is 22.3 Å². The van der Waals surface area contributed by atoms with E-state index in [0.29, 0.717) is 13.0 Å². The Labute approximate surface area is 112 Å². The summed E-state index contributed by atoms with van der Waals surface area (Å²) in [4.78, 5) is 35.2. The first kappa shape index (κ1) is 14.5. The fourth-order valence-electron chi connectivity index (χ4n) is 1.48. The first-order chi connectivity index (χ1) is 8.43. The quantitative estimate of drug-likeness (QED) is 0.782. The van der Waals surface area contributed by atoms with Crippen LogP contribution in [0.5, 0.6) is 0 Å². The van der Waals surface area contributed by atoms with Crippen molar-refractivity contribution in [2.24, 2.45) is 0 Å². The molecule has 1 aromatic rings. The van der Waals surface area contributed by atoms with Gasteiger partial charge in [-0.3, -0.25) is 14.2 Å². The first-order valence-corrected chi connectivity index (χ1v) is 6.22. The zero-order valence-corrected chi connectivity index (χ0v) is 11.8. The molecule has 0 bridgehead atoms. The van der Waals surface area contributed by atoms with Crippen molar-refractivity contribution in [3.8, 4) is 0 Å². The van der Waals surface area contributed by atoms with Crippen LogP contribution in [0.15, 0.2) is 14.1 Å². The summed E-state index contributed by atoms with van der Waals surface area (Å²) in [6.45, 7) is 1.95. The molecule has 1 amide bonds. The van der Waals surface area contributed by atoms with Crippen LogP contribution in [0, 0.1) is 0 Å². The summed E-state index contributed by atoms with van der Waals surface area (Å²) in [5, 5.41) is 2.36. The molecular weight excluding hydrogens is 304 g/mol. The summed E-state index contributed by atoms with van der Waals surface area (Å²) < 4.78 is 2.23. The summed E-state index contributed by atoms with van der Waals surface area (Å²) in [5.74, 6) is -0.339. The molecule has 100 valence electrons. The molecule has 0 fully saturated rings. The number of carbonyl (C=O) groups is 1. The van der Waals surface area contributed by atoms with Gasteiger partial charge in [0, 0.05) is 13.6 Å². The maximum absolute atomic E-state index is 12.0. The molecule has 0 saturated heterocycles. The van der Waals surface area contributed by atoms with E-state index < -0.39 is 17.2 Å². The fraction of sp³-hybridized carbons (Fsp3) is 0.500. The van der Waals surface area contributed by atoms with Gasteiger partial charge in [0.1, 0.15) is 16.8 Å². The molecule has 0 radical (unpaired) electrons. The van der Waals surface area contributed by atoms with Gasteiger partial charge >= 0.3 is 5.69 Å². The molecule has 7 nitrogen and oxygen atoms in total. The maximum Gasteiger partial charge on any atom is 0.333 e. The van der Waals surface area contributed by atoms with Gasteiger partial charge in [-0.05, 0) is 22.4 Å². The van der Waals surface area contributed by atoms with E-state index in [1.54, 1.807) is 0 Å². The molecule has 1 aromatic heterocycles. The third kappa shape index (κ3) is 2.63. The van der Waals surface area contributed by atoms with Gasteiger partial charge < -0.3 is 11.1 Å². The maximum atomic E-state index is 12.0. The average Bonchev–Trinajstić information content (AvgIpc) is 2.37. The highest BCUT2D eigenvalue weighted by molar-refractivity contribution is 9.10. The Morgan fingerprint density at radius 3 is 2.50 bits per heavy atom. The van der Waals surface area contributed by atoms with Crippen molar-refractivity contribution in [3.05, 3.63) is 25.3 Å². The van der Waals surface area contributed by atoms with E-state index in [-0.39, 0.29) is 16.8 Å². The topological polar surface area (TPSA) is 99.1 Å². The lowest BCUT2D eigenvalue weighted by Gasteiger charge is -2.13. The minimum atomic E-state index is -0.603. The van der Waals surface area contributed by atoms with E-state index in [0.717, 1.165) is 4.57 Å². The standard InChI is InChI=1S/C10H15BrN4O3/c1-3-4-14-8(12)7(11)9(17)15(10(14)18)5-6(16)13-2/h3-5,12H2,1-2H3,(H,13,16). The number of carbonyl (C=O) groups excluding carboxylic acids is 1. The number of nitrogen functional groups attached to an aromatic ring is 1. The number of halogens is 1. The third-order valence-corrected chi connectivity index (χ3v) is 3.18. The number of amides is 1. The number of aromatic nitrogens is 2. The van der Waals surface area contributed by atoms with E-state index >= 15 is 0 Å². The van der Waals surface area contributed by atoms with Gasteiger partial charge in [-0.2, -0.15) is 0 Å². The Bertz CT molecular complexity index is 576. The summed E-state index contributed by atoms with van der Waals surface area (Å²) in [6, 6.07) is 0. The number of rotatable bonds is 4. The van der Waals surface area contributed by atoms with Crippen LogP contribution in [0.2, 0.25) is 0 Å². The summed E-state index contributed by atoms with van der Waals surface area (Å²) in [5.41, 5.74) is 4.52. The van der Waals surface area contributed by atoms with Crippen molar-refractivity contribution in [1.29, 1.82) is 0 Å². The molecule has 0 atom stereocenters. The van der Waals surface area contributed by atoms with Gasteiger partial charge in [0.15, 0.2) is 0 Å². The molecule has 0 aliphatic carbocycles. The van der Waals surface area contributed by atoms with Crippen LogP contribution in [0.4, 0.5) is 5.82 Å². The Hall–Kier alpha value is -1.57. The van der Waals surface area contributed by atoms with Gasteiger partial charge in [-0.25, -0.2) is 9.36 Å². The zero-order valence-electron chi connectivity index (χ0n) is 10.2. The molecule has 0 unspecified atom stereocenters. The molecule has 3 N–H and O–H groups in total. The lowest BCUT2D eigenvalue weighted by Crippen LogP contribution is -2.44. The Morgan fingerprint density at radius 2 is 2.00 bits per heavy atom. The molecule has 0 aromatic carbocycles. The highest BCUT2D eigenvalue weighted by Gasteiger charge is 2.16. The monoisotopic (exact) mass is 318 g/mol.